The summed E-state index contributed by atoms with van der Waals surface area (Å²) < 4.78 is 56.3. The highest BCUT2D eigenvalue weighted by Gasteiger charge is 2.68. The molecule has 0 spiro atoms. The van der Waals surface area contributed by atoms with E-state index in [4.69, 9.17) is 0 Å². The summed E-state index contributed by atoms with van der Waals surface area (Å²) in [6.07, 6.45) is -3.77. The lowest BCUT2D eigenvalue weighted by Gasteiger charge is -2.29. The molecule has 0 saturated carbocycles. The molecular formula is C19H15F4N5O4. The molecule has 4 rings (SSSR count). The van der Waals surface area contributed by atoms with E-state index in [1.54, 1.807) is 11.2 Å². The first-order valence-electron chi connectivity index (χ1n) is 9.25. The van der Waals surface area contributed by atoms with Gasteiger partial charge in [0.05, 0.1) is 0 Å². The summed E-state index contributed by atoms with van der Waals surface area (Å²) in [7, 11) is 0. The molecule has 4 N–H and O–H groups in total. The van der Waals surface area contributed by atoms with Crippen molar-refractivity contribution in [2.24, 2.45) is 0 Å². The Hall–Kier alpha value is -3.90. The quantitative estimate of drug-likeness (QED) is 0.443. The van der Waals surface area contributed by atoms with Crippen molar-refractivity contribution in [1.82, 2.24) is 19.9 Å². The molecule has 9 nitrogen and oxygen atoms in total. The van der Waals surface area contributed by atoms with Gasteiger partial charge in [0.1, 0.15) is 17.2 Å². The minimum Gasteiger partial charge on any atom is -0.361 e. The third-order valence-electron chi connectivity index (χ3n) is 5.27. The fourth-order valence-electron chi connectivity index (χ4n) is 3.89. The maximum Gasteiger partial charge on any atom is 0.425 e. The summed E-state index contributed by atoms with van der Waals surface area (Å²) in [5, 5.41) is 3.96. The Kier molecular flexibility index (Phi) is 4.71. The third kappa shape index (κ3) is 3.08. The van der Waals surface area contributed by atoms with Gasteiger partial charge < -0.3 is 15.6 Å². The van der Waals surface area contributed by atoms with Gasteiger partial charge in [-0.3, -0.25) is 23.9 Å². The van der Waals surface area contributed by atoms with E-state index in [1.807, 2.05) is 5.32 Å². The average molecular weight is 453 g/mol. The SMILES string of the molecule is CC(=O)N[C@@]1(C(F)(F)F)C(=O)Nc2c1c(=O)[nH]c(=O)n2CCc1c[nH]c2ccc(F)cc12. The van der Waals surface area contributed by atoms with Crippen LogP contribution in [0.1, 0.15) is 18.1 Å². The highest BCUT2D eigenvalue weighted by molar-refractivity contribution is 6.07. The van der Waals surface area contributed by atoms with Crippen LogP contribution in [0.3, 0.4) is 0 Å². The van der Waals surface area contributed by atoms with Gasteiger partial charge in [0.15, 0.2) is 0 Å². The van der Waals surface area contributed by atoms with Crippen molar-refractivity contribution in [3.63, 3.8) is 0 Å². The smallest absolute Gasteiger partial charge is 0.361 e. The molecule has 0 radical (unpaired) electrons. The number of hydrogen-bond acceptors (Lipinski definition) is 4. The Bertz CT molecular complexity index is 1390. The van der Waals surface area contributed by atoms with Crippen LogP contribution in [0.4, 0.5) is 23.4 Å². The van der Waals surface area contributed by atoms with E-state index in [-0.39, 0.29) is 13.0 Å². The number of aromatic amines is 2. The summed E-state index contributed by atoms with van der Waals surface area (Å²) in [5.74, 6) is -4.09. The molecule has 13 heteroatoms. The molecule has 32 heavy (non-hydrogen) atoms. The highest BCUT2D eigenvalue weighted by atomic mass is 19.4. The zero-order valence-corrected chi connectivity index (χ0v) is 16.3. The number of carbonyl (C=O) groups excluding carboxylic acids is 2. The Morgan fingerprint density at radius 1 is 1.22 bits per heavy atom. The third-order valence-corrected chi connectivity index (χ3v) is 5.27. The number of hydrogen-bond donors (Lipinski definition) is 4. The number of anilines is 1. The molecule has 0 unspecified atom stereocenters. The maximum absolute atomic E-state index is 14.0. The lowest BCUT2D eigenvalue weighted by atomic mass is 9.92. The zero-order chi connectivity index (χ0) is 23.4. The molecule has 1 aliphatic rings. The van der Waals surface area contributed by atoms with Gasteiger partial charge in [0.2, 0.25) is 11.4 Å². The molecule has 0 fully saturated rings. The Morgan fingerprint density at radius 2 is 1.94 bits per heavy atom. The number of nitrogens with zero attached hydrogens (tertiary/aromatic N) is 1. The molecule has 1 aliphatic heterocycles. The second-order valence-electron chi connectivity index (χ2n) is 7.27. The molecule has 168 valence electrons. The molecule has 2 aromatic heterocycles. The van der Waals surface area contributed by atoms with Gasteiger partial charge in [0.25, 0.3) is 11.5 Å². The van der Waals surface area contributed by atoms with Crippen LogP contribution in [0.5, 0.6) is 0 Å². The normalized spacial score (nSPS) is 18.0. The summed E-state index contributed by atoms with van der Waals surface area (Å²) in [4.78, 5) is 53.4. The van der Waals surface area contributed by atoms with Crippen LogP contribution in [-0.4, -0.2) is 32.5 Å². The van der Waals surface area contributed by atoms with Crippen LogP contribution in [-0.2, 0) is 28.1 Å². The number of nitrogens with one attached hydrogen (secondary N) is 4. The van der Waals surface area contributed by atoms with E-state index in [1.165, 1.54) is 23.5 Å². The van der Waals surface area contributed by atoms with Gasteiger partial charge >= 0.3 is 11.9 Å². The molecular weight excluding hydrogens is 438 g/mol. The summed E-state index contributed by atoms with van der Waals surface area (Å²) >= 11 is 0. The highest BCUT2D eigenvalue weighted by Crippen LogP contribution is 2.44. The summed E-state index contributed by atoms with van der Waals surface area (Å²) in [6, 6.07) is 4.01. The first-order chi connectivity index (χ1) is 15.0. The summed E-state index contributed by atoms with van der Waals surface area (Å²) in [5.41, 5.74) is -6.13. The van der Waals surface area contributed by atoms with Crippen molar-refractivity contribution >= 4 is 28.5 Å². The predicted molar refractivity (Wildman–Crippen MR) is 103 cm³/mol. The number of aromatic nitrogens is 3. The first kappa shape index (κ1) is 21.3. The van der Waals surface area contributed by atoms with E-state index < -0.39 is 52.0 Å². The van der Waals surface area contributed by atoms with Gasteiger partial charge in [-0.2, -0.15) is 13.2 Å². The first-order valence-corrected chi connectivity index (χ1v) is 9.25. The largest absolute Gasteiger partial charge is 0.425 e. The predicted octanol–water partition coefficient (Wildman–Crippen LogP) is 1.25. The number of H-pyrrole nitrogens is 2. The van der Waals surface area contributed by atoms with Gasteiger partial charge in [0, 0.05) is 30.6 Å². The number of fused-ring (bicyclic) bond motifs is 2. The van der Waals surface area contributed by atoms with Crippen molar-refractivity contribution in [2.45, 2.75) is 31.6 Å². The topological polar surface area (TPSA) is 129 Å². The molecule has 3 aromatic rings. The van der Waals surface area contributed by atoms with E-state index in [0.29, 0.717) is 16.5 Å². The number of carbonyl (C=O) groups is 2. The van der Waals surface area contributed by atoms with Crippen molar-refractivity contribution in [1.29, 1.82) is 0 Å². The van der Waals surface area contributed by atoms with Gasteiger partial charge in [-0.1, -0.05) is 0 Å². The lowest BCUT2D eigenvalue weighted by molar-refractivity contribution is -0.200. The summed E-state index contributed by atoms with van der Waals surface area (Å²) in [6.45, 7) is 0.509. The van der Waals surface area contributed by atoms with Crippen molar-refractivity contribution in [3.05, 3.63) is 62.2 Å². The average Bonchev–Trinajstić information content (AvgIpc) is 3.20. The molecule has 0 bridgehead atoms. The van der Waals surface area contributed by atoms with Crippen LogP contribution >= 0.6 is 0 Å². The van der Waals surface area contributed by atoms with Crippen LogP contribution in [0.25, 0.3) is 10.9 Å². The van der Waals surface area contributed by atoms with Gasteiger partial charge in [-0.25, -0.2) is 9.18 Å². The number of alkyl halides is 3. The fraction of sp³-hybridized carbons (Fsp3) is 0.263. The van der Waals surface area contributed by atoms with Crippen molar-refractivity contribution in [3.8, 4) is 0 Å². The second kappa shape index (κ2) is 7.07. The van der Waals surface area contributed by atoms with E-state index in [9.17, 15) is 36.7 Å². The van der Waals surface area contributed by atoms with E-state index in [0.717, 1.165) is 11.5 Å². The minimum atomic E-state index is -5.38. The minimum absolute atomic E-state index is 0.0524. The molecule has 0 saturated heterocycles. The van der Waals surface area contributed by atoms with Crippen molar-refractivity contribution < 1.29 is 27.2 Å². The lowest BCUT2D eigenvalue weighted by Crippen LogP contribution is -2.61. The monoisotopic (exact) mass is 453 g/mol. The molecule has 0 aliphatic carbocycles. The maximum atomic E-state index is 14.0. The van der Waals surface area contributed by atoms with E-state index >= 15 is 0 Å². The number of rotatable bonds is 4. The molecule has 1 atom stereocenters. The molecule has 1 aromatic carbocycles. The Morgan fingerprint density at radius 3 is 2.59 bits per heavy atom. The second-order valence-corrected chi connectivity index (χ2v) is 7.27. The zero-order valence-electron chi connectivity index (χ0n) is 16.3. The van der Waals surface area contributed by atoms with Crippen LogP contribution in [0.15, 0.2) is 34.0 Å². The Labute approximate surface area is 175 Å². The van der Waals surface area contributed by atoms with Crippen LogP contribution < -0.4 is 21.9 Å². The number of benzene rings is 1. The standard InChI is InChI=1S/C19H15F4N5O4/c1-8(29)27-18(19(21,22)23)13-14(25-16(18)31)28(17(32)26-15(13)30)5-4-9-7-24-12-3-2-10(20)6-11(9)12/h2-3,6-7,24H,4-5H2,1H3,(H,25,31)(H,27,29)(H,26,30,32)/t18-/m1/s1. The van der Waals surface area contributed by atoms with Crippen LogP contribution in [0.2, 0.25) is 0 Å². The molecule has 2 amide bonds. The van der Waals surface area contributed by atoms with Crippen LogP contribution in [0, 0.1) is 5.82 Å². The Balaban J connectivity index is 1.83. The van der Waals surface area contributed by atoms with Gasteiger partial charge in [-0.15, -0.1) is 0 Å². The fourth-order valence-corrected chi connectivity index (χ4v) is 3.89. The number of halogens is 4. The number of amides is 2. The van der Waals surface area contributed by atoms with E-state index in [2.05, 4.69) is 4.98 Å². The number of aryl methyl sites for hydroxylation is 1. The van der Waals surface area contributed by atoms with Gasteiger partial charge in [-0.05, 0) is 30.2 Å². The molecule has 3 heterocycles. The van der Waals surface area contributed by atoms with Crippen molar-refractivity contribution in [2.75, 3.05) is 5.32 Å².